The lowest BCUT2D eigenvalue weighted by molar-refractivity contribution is -0.146. The maximum atomic E-state index is 13.8. The first kappa shape index (κ1) is 30.3. The summed E-state index contributed by atoms with van der Waals surface area (Å²) in [6, 6.07) is 9.71. The van der Waals surface area contributed by atoms with Crippen molar-refractivity contribution in [2.75, 3.05) is 20.8 Å². The Hall–Kier alpha value is -3.28. The number of benzene rings is 2. The number of hydrogen-bond donors (Lipinski definition) is 1. The van der Waals surface area contributed by atoms with Gasteiger partial charge in [-0.1, -0.05) is 71.9 Å². The Kier molecular flexibility index (Phi) is 10.2. The molecule has 0 aliphatic heterocycles. The molecule has 0 spiro atoms. The fraction of sp³-hybridized carbons (Fsp3) is 0.515. The Labute approximate surface area is 234 Å². The van der Waals surface area contributed by atoms with Crippen LogP contribution in [-0.2, 0) is 9.53 Å². The SMILES string of the molecule is CCOC(=O)C(c1ccc(OC)c(OC)c1)C1C=CC(NC(=O)c2c(C(C)C)cc(C(C)C)cc2C(C)C)C1. The van der Waals surface area contributed by atoms with Gasteiger partial charge in [-0.3, -0.25) is 9.59 Å². The maximum Gasteiger partial charge on any atom is 0.314 e. The summed E-state index contributed by atoms with van der Waals surface area (Å²) in [4.78, 5) is 26.9. The van der Waals surface area contributed by atoms with Crippen LogP contribution >= 0.6 is 0 Å². The smallest absolute Gasteiger partial charge is 0.314 e. The molecule has 1 N–H and O–H groups in total. The second kappa shape index (κ2) is 13.2. The fourth-order valence-electron chi connectivity index (χ4n) is 5.38. The van der Waals surface area contributed by atoms with Gasteiger partial charge < -0.3 is 19.5 Å². The monoisotopic (exact) mass is 535 g/mol. The first-order valence-electron chi connectivity index (χ1n) is 14.1. The normalized spacial score (nSPS) is 17.5. The zero-order chi connectivity index (χ0) is 28.9. The van der Waals surface area contributed by atoms with Crippen LogP contribution in [0.2, 0.25) is 0 Å². The molecule has 3 atom stereocenters. The third-order valence-corrected chi connectivity index (χ3v) is 7.53. The molecular formula is C33H45NO5. The van der Waals surface area contributed by atoms with Crippen molar-refractivity contribution in [3.8, 4) is 11.5 Å². The largest absolute Gasteiger partial charge is 0.493 e. The lowest BCUT2D eigenvalue weighted by Gasteiger charge is -2.25. The fourth-order valence-corrected chi connectivity index (χ4v) is 5.38. The lowest BCUT2D eigenvalue weighted by Crippen LogP contribution is -2.35. The van der Waals surface area contributed by atoms with E-state index in [4.69, 9.17) is 14.2 Å². The van der Waals surface area contributed by atoms with E-state index < -0.39 is 5.92 Å². The second-order valence-electron chi connectivity index (χ2n) is 11.2. The van der Waals surface area contributed by atoms with E-state index in [0.29, 0.717) is 30.4 Å². The summed E-state index contributed by atoms with van der Waals surface area (Å²) in [7, 11) is 3.16. The van der Waals surface area contributed by atoms with Crippen molar-refractivity contribution in [1.82, 2.24) is 5.32 Å². The standard InChI is InChI=1S/C33H45NO5/c1-10-39-33(36)30(23-12-14-28(37-8)29(18-23)38-9)22-11-13-25(15-22)34-32(35)31-26(20(4)5)16-24(19(2)3)17-27(31)21(6)7/h11-14,16-22,25,30H,10,15H2,1-9H3,(H,34,35). The molecule has 3 rings (SSSR count). The zero-order valence-corrected chi connectivity index (χ0v) is 25.0. The summed E-state index contributed by atoms with van der Waals surface area (Å²) in [5.41, 5.74) is 4.99. The van der Waals surface area contributed by atoms with E-state index in [-0.39, 0.29) is 35.7 Å². The van der Waals surface area contributed by atoms with Gasteiger partial charge in [-0.05, 0) is 71.4 Å². The number of amides is 1. The van der Waals surface area contributed by atoms with E-state index >= 15 is 0 Å². The average Bonchev–Trinajstić information content (AvgIpc) is 3.35. The van der Waals surface area contributed by atoms with Gasteiger partial charge in [0, 0.05) is 11.6 Å². The van der Waals surface area contributed by atoms with Gasteiger partial charge >= 0.3 is 5.97 Å². The second-order valence-corrected chi connectivity index (χ2v) is 11.2. The van der Waals surface area contributed by atoms with Crippen molar-refractivity contribution in [2.24, 2.45) is 5.92 Å². The van der Waals surface area contributed by atoms with E-state index in [1.807, 2.05) is 24.3 Å². The minimum atomic E-state index is -0.523. The highest BCUT2D eigenvalue weighted by Gasteiger charge is 2.35. The molecule has 39 heavy (non-hydrogen) atoms. The van der Waals surface area contributed by atoms with Crippen LogP contribution in [0.3, 0.4) is 0 Å². The number of ether oxygens (including phenoxy) is 3. The summed E-state index contributed by atoms with van der Waals surface area (Å²) in [5, 5.41) is 3.26. The first-order valence-corrected chi connectivity index (χ1v) is 14.1. The topological polar surface area (TPSA) is 73.9 Å². The summed E-state index contributed by atoms with van der Waals surface area (Å²) in [6.07, 6.45) is 4.63. The van der Waals surface area contributed by atoms with Crippen LogP contribution in [0.4, 0.5) is 0 Å². The van der Waals surface area contributed by atoms with Gasteiger partial charge in [0.2, 0.25) is 0 Å². The van der Waals surface area contributed by atoms with Gasteiger partial charge in [-0.25, -0.2) is 0 Å². The van der Waals surface area contributed by atoms with Crippen LogP contribution in [0.1, 0.15) is 111 Å². The van der Waals surface area contributed by atoms with Crippen LogP contribution in [0, 0.1) is 5.92 Å². The number of nitrogens with one attached hydrogen (secondary N) is 1. The molecule has 1 aliphatic rings. The molecule has 2 aromatic carbocycles. The van der Waals surface area contributed by atoms with E-state index in [1.54, 1.807) is 27.2 Å². The van der Waals surface area contributed by atoms with E-state index in [1.165, 1.54) is 5.56 Å². The molecule has 0 saturated carbocycles. The predicted octanol–water partition coefficient (Wildman–Crippen LogP) is 7.10. The highest BCUT2D eigenvalue weighted by Crippen LogP contribution is 2.39. The zero-order valence-electron chi connectivity index (χ0n) is 25.0. The van der Waals surface area contributed by atoms with Crippen molar-refractivity contribution >= 4 is 11.9 Å². The van der Waals surface area contributed by atoms with Crippen LogP contribution < -0.4 is 14.8 Å². The number of allylic oxidation sites excluding steroid dienone is 1. The highest BCUT2D eigenvalue weighted by atomic mass is 16.5. The van der Waals surface area contributed by atoms with Gasteiger partial charge in [0.25, 0.3) is 5.91 Å². The predicted molar refractivity (Wildman–Crippen MR) is 156 cm³/mol. The molecule has 6 nitrogen and oxygen atoms in total. The van der Waals surface area contributed by atoms with Gasteiger partial charge in [0.15, 0.2) is 11.5 Å². The first-order chi connectivity index (χ1) is 18.5. The number of rotatable bonds is 11. The summed E-state index contributed by atoms with van der Waals surface area (Å²) in [5.74, 6) is 0.957. The van der Waals surface area contributed by atoms with Crippen LogP contribution in [-0.4, -0.2) is 38.7 Å². The van der Waals surface area contributed by atoms with Crippen molar-refractivity contribution in [1.29, 1.82) is 0 Å². The van der Waals surface area contributed by atoms with Crippen molar-refractivity contribution in [2.45, 2.75) is 84.6 Å². The summed E-state index contributed by atoms with van der Waals surface area (Å²) < 4.78 is 16.3. The molecule has 1 amide bonds. The molecule has 2 aromatic rings. The molecule has 0 aromatic heterocycles. The van der Waals surface area contributed by atoms with Gasteiger partial charge in [0.1, 0.15) is 0 Å². The summed E-state index contributed by atoms with van der Waals surface area (Å²) >= 11 is 0. The molecule has 3 unspecified atom stereocenters. The quantitative estimate of drug-likeness (QED) is 0.245. The Balaban J connectivity index is 1.89. The Morgan fingerprint density at radius 1 is 0.846 bits per heavy atom. The minimum Gasteiger partial charge on any atom is -0.493 e. The number of methoxy groups -OCH3 is 2. The van der Waals surface area contributed by atoms with Crippen molar-refractivity contribution in [3.63, 3.8) is 0 Å². The molecule has 212 valence electrons. The molecule has 1 aliphatic carbocycles. The number of carbonyl (C=O) groups is 2. The Morgan fingerprint density at radius 3 is 1.97 bits per heavy atom. The molecule has 0 radical (unpaired) electrons. The Morgan fingerprint density at radius 2 is 1.46 bits per heavy atom. The Bertz CT molecular complexity index is 1170. The average molecular weight is 536 g/mol. The van der Waals surface area contributed by atoms with E-state index in [0.717, 1.165) is 22.3 Å². The van der Waals surface area contributed by atoms with Gasteiger partial charge in [0.05, 0.1) is 26.7 Å². The minimum absolute atomic E-state index is 0.0631. The third-order valence-electron chi connectivity index (χ3n) is 7.53. The highest BCUT2D eigenvalue weighted by molar-refractivity contribution is 5.98. The molecule has 0 bridgehead atoms. The molecular weight excluding hydrogens is 490 g/mol. The van der Waals surface area contributed by atoms with E-state index in [2.05, 4.69) is 59.0 Å². The summed E-state index contributed by atoms with van der Waals surface area (Å²) in [6.45, 7) is 15.0. The van der Waals surface area contributed by atoms with Crippen molar-refractivity contribution in [3.05, 3.63) is 70.3 Å². The van der Waals surface area contributed by atoms with E-state index in [9.17, 15) is 9.59 Å². The number of esters is 1. The molecule has 0 fully saturated rings. The third kappa shape index (κ3) is 6.84. The van der Waals surface area contributed by atoms with Gasteiger partial charge in [-0.15, -0.1) is 0 Å². The van der Waals surface area contributed by atoms with Crippen LogP contribution in [0.25, 0.3) is 0 Å². The molecule has 0 saturated heterocycles. The number of carbonyl (C=O) groups excluding carboxylic acids is 2. The van der Waals surface area contributed by atoms with Crippen LogP contribution in [0.5, 0.6) is 11.5 Å². The maximum absolute atomic E-state index is 13.8. The number of hydrogen-bond acceptors (Lipinski definition) is 5. The van der Waals surface area contributed by atoms with Gasteiger partial charge in [-0.2, -0.15) is 0 Å². The molecule has 6 heteroatoms. The van der Waals surface area contributed by atoms with Crippen LogP contribution in [0.15, 0.2) is 42.5 Å². The van der Waals surface area contributed by atoms with Crippen molar-refractivity contribution < 1.29 is 23.8 Å². The lowest BCUT2D eigenvalue weighted by atomic mass is 9.83. The molecule has 0 heterocycles.